The third-order valence-electron chi connectivity index (χ3n) is 4.70. The second-order valence-corrected chi connectivity index (χ2v) is 6.18. The molecule has 4 heteroatoms. The molecule has 4 nitrogen and oxygen atoms in total. The first kappa shape index (κ1) is 17.5. The molecule has 2 rings (SSSR count). The van der Waals surface area contributed by atoms with Crippen molar-refractivity contribution >= 4 is 11.8 Å². The SMILES string of the molecule is CCC(CC)N(CC)C(=O)c1cccc(CN2CCCC2=O)c1. The first-order valence-corrected chi connectivity index (χ1v) is 8.78. The van der Waals surface area contributed by atoms with Gasteiger partial charge in [0.15, 0.2) is 0 Å². The van der Waals surface area contributed by atoms with Gasteiger partial charge in [-0.3, -0.25) is 9.59 Å². The zero-order valence-electron chi connectivity index (χ0n) is 14.5. The first-order chi connectivity index (χ1) is 11.1. The van der Waals surface area contributed by atoms with Crippen molar-refractivity contribution in [3.63, 3.8) is 0 Å². The Morgan fingerprint density at radius 1 is 1.26 bits per heavy atom. The number of hydrogen-bond acceptors (Lipinski definition) is 2. The molecule has 0 unspecified atom stereocenters. The molecule has 1 aromatic carbocycles. The van der Waals surface area contributed by atoms with Gasteiger partial charge < -0.3 is 9.80 Å². The van der Waals surface area contributed by atoms with Crippen LogP contribution in [0, 0.1) is 0 Å². The van der Waals surface area contributed by atoms with Gasteiger partial charge in [0.05, 0.1) is 0 Å². The summed E-state index contributed by atoms with van der Waals surface area (Å²) in [5.74, 6) is 0.310. The van der Waals surface area contributed by atoms with Gasteiger partial charge >= 0.3 is 0 Å². The molecule has 1 heterocycles. The maximum Gasteiger partial charge on any atom is 0.254 e. The van der Waals surface area contributed by atoms with Crippen LogP contribution in [0.5, 0.6) is 0 Å². The lowest BCUT2D eigenvalue weighted by atomic mass is 10.1. The summed E-state index contributed by atoms with van der Waals surface area (Å²) >= 11 is 0. The van der Waals surface area contributed by atoms with E-state index in [4.69, 9.17) is 0 Å². The van der Waals surface area contributed by atoms with E-state index in [0.717, 1.165) is 43.5 Å². The fraction of sp³-hybridized carbons (Fsp3) is 0.579. The Bertz CT molecular complexity index is 552. The molecule has 0 radical (unpaired) electrons. The van der Waals surface area contributed by atoms with Crippen LogP contribution >= 0.6 is 0 Å². The van der Waals surface area contributed by atoms with Gasteiger partial charge in [0.2, 0.25) is 5.91 Å². The van der Waals surface area contributed by atoms with Crippen LogP contribution in [0.2, 0.25) is 0 Å². The molecule has 1 saturated heterocycles. The highest BCUT2D eigenvalue weighted by molar-refractivity contribution is 5.94. The van der Waals surface area contributed by atoms with E-state index in [2.05, 4.69) is 13.8 Å². The zero-order chi connectivity index (χ0) is 16.8. The average molecular weight is 316 g/mol. The Labute approximate surface area is 139 Å². The monoisotopic (exact) mass is 316 g/mol. The Balaban J connectivity index is 2.14. The van der Waals surface area contributed by atoms with Crippen LogP contribution in [0.1, 0.15) is 62.4 Å². The number of benzene rings is 1. The molecule has 0 saturated carbocycles. The van der Waals surface area contributed by atoms with Crippen molar-refractivity contribution in [1.82, 2.24) is 9.80 Å². The Morgan fingerprint density at radius 2 is 2.00 bits per heavy atom. The van der Waals surface area contributed by atoms with Crippen molar-refractivity contribution in [2.45, 2.75) is 59.0 Å². The standard InChI is InChI=1S/C19H28N2O2/c1-4-17(5-2)21(6-3)19(23)16-10-7-9-15(13-16)14-20-12-8-11-18(20)22/h7,9-10,13,17H,4-6,8,11-12,14H2,1-3H3. The lowest BCUT2D eigenvalue weighted by Crippen LogP contribution is -2.39. The van der Waals surface area contributed by atoms with Gasteiger partial charge in [0, 0.05) is 37.7 Å². The Kier molecular flexibility index (Phi) is 6.20. The lowest BCUT2D eigenvalue weighted by molar-refractivity contribution is -0.128. The number of nitrogens with zero attached hydrogens (tertiary/aromatic N) is 2. The summed E-state index contributed by atoms with van der Waals surface area (Å²) in [4.78, 5) is 28.4. The van der Waals surface area contributed by atoms with Crippen LogP contribution in [0.15, 0.2) is 24.3 Å². The predicted molar refractivity (Wildman–Crippen MR) is 92.2 cm³/mol. The van der Waals surface area contributed by atoms with Crippen molar-refractivity contribution < 1.29 is 9.59 Å². The van der Waals surface area contributed by atoms with E-state index < -0.39 is 0 Å². The number of amides is 2. The van der Waals surface area contributed by atoms with Crippen molar-refractivity contribution in [2.24, 2.45) is 0 Å². The minimum absolute atomic E-state index is 0.0933. The zero-order valence-corrected chi connectivity index (χ0v) is 14.5. The number of rotatable bonds is 7. The van der Waals surface area contributed by atoms with E-state index in [-0.39, 0.29) is 17.9 Å². The van der Waals surface area contributed by atoms with Crippen LogP contribution in [0.3, 0.4) is 0 Å². The number of likely N-dealkylation sites (tertiary alicyclic amines) is 1. The van der Waals surface area contributed by atoms with Gasteiger partial charge in [-0.1, -0.05) is 26.0 Å². The van der Waals surface area contributed by atoms with E-state index in [0.29, 0.717) is 13.0 Å². The van der Waals surface area contributed by atoms with Gasteiger partial charge in [0.25, 0.3) is 5.91 Å². The summed E-state index contributed by atoms with van der Waals surface area (Å²) in [6, 6.07) is 8.03. The molecule has 1 aliphatic rings. The fourth-order valence-corrected chi connectivity index (χ4v) is 3.36. The minimum Gasteiger partial charge on any atom is -0.338 e. The van der Waals surface area contributed by atoms with E-state index in [1.165, 1.54) is 0 Å². The smallest absolute Gasteiger partial charge is 0.254 e. The quantitative estimate of drug-likeness (QED) is 0.773. The van der Waals surface area contributed by atoms with Crippen LogP contribution in [0.4, 0.5) is 0 Å². The maximum atomic E-state index is 12.8. The molecular formula is C19H28N2O2. The van der Waals surface area contributed by atoms with Gasteiger partial charge in [-0.15, -0.1) is 0 Å². The Morgan fingerprint density at radius 3 is 2.57 bits per heavy atom. The number of carbonyl (C=O) groups excluding carboxylic acids is 2. The molecule has 1 fully saturated rings. The molecule has 0 atom stereocenters. The first-order valence-electron chi connectivity index (χ1n) is 8.78. The molecule has 2 amide bonds. The minimum atomic E-state index is 0.0933. The van der Waals surface area contributed by atoms with Crippen LogP contribution in [0.25, 0.3) is 0 Å². The Hall–Kier alpha value is -1.84. The number of carbonyl (C=O) groups is 2. The molecule has 23 heavy (non-hydrogen) atoms. The summed E-state index contributed by atoms with van der Waals surface area (Å²) in [6.45, 7) is 8.44. The summed E-state index contributed by atoms with van der Waals surface area (Å²) < 4.78 is 0. The third-order valence-corrected chi connectivity index (χ3v) is 4.70. The van der Waals surface area contributed by atoms with Crippen molar-refractivity contribution in [1.29, 1.82) is 0 Å². The topological polar surface area (TPSA) is 40.6 Å². The largest absolute Gasteiger partial charge is 0.338 e. The molecule has 1 aliphatic heterocycles. The van der Waals surface area contributed by atoms with Crippen LogP contribution in [-0.4, -0.2) is 40.7 Å². The fourth-order valence-electron chi connectivity index (χ4n) is 3.36. The molecule has 0 bridgehead atoms. The van der Waals surface area contributed by atoms with Crippen molar-refractivity contribution in [3.05, 3.63) is 35.4 Å². The number of hydrogen-bond donors (Lipinski definition) is 0. The van der Waals surface area contributed by atoms with Gasteiger partial charge in [-0.2, -0.15) is 0 Å². The van der Waals surface area contributed by atoms with Crippen molar-refractivity contribution in [2.75, 3.05) is 13.1 Å². The molecule has 1 aromatic rings. The molecule has 126 valence electrons. The van der Waals surface area contributed by atoms with Gasteiger partial charge in [-0.25, -0.2) is 0 Å². The van der Waals surface area contributed by atoms with Crippen LogP contribution in [-0.2, 0) is 11.3 Å². The van der Waals surface area contributed by atoms with E-state index in [9.17, 15) is 9.59 Å². The molecular weight excluding hydrogens is 288 g/mol. The van der Waals surface area contributed by atoms with E-state index in [1.54, 1.807) is 0 Å². The predicted octanol–water partition coefficient (Wildman–Crippen LogP) is 3.46. The highest BCUT2D eigenvalue weighted by Crippen LogP contribution is 2.18. The molecule has 0 aromatic heterocycles. The molecule has 0 aliphatic carbocycles. The van der Waals surface area contributed by atoms with E-state index >= 15 is 0 Å². The lowest BCUT2D eigenvalue weighted by Gasteiger charge is -2.29. The molecule has 0 N–H and O–H groups in total. The summed E-state index contributed by atoms with van der Waals surface area (Å²) in [5, 5.41) is 0. The third kappa shape index (κ3) is 4.12. The summed E-state index contributed by atoms with van der Waals surface area (Å²) in [6.07, 6.45) is 3.53. The van der Waals surface area contributed by atoms with Gasteiger partial charge in [-0.05, 0) is 43.9 Å². The summed E-state index contributed by atoms with van der Waals surface area (Å²) in [5.41, 5.74) is 1.76. The van der Waals surface area contributed by atoms with E-state index in [1.807, 2.05) is 41.0 Å². The normalized spacial score (nSPS) is 14.6. The van der Waals surface area contributed by atoms with Crippen molar-refractivity contribution in [3.8, 4) is 0 Å². The summed E-state index contributed by atoms with van der Waals surface area (Å²) in [7, 11) is 0. The highest BCUT2D eigenvalue weighted by atomic mass is 16.2. The van der Waals surface area contributed by atoms with Crippen LogP contribution < -0.4 is 0 Å². The average Bonchev–Trinajstić information content (AvgIpc) is 2.97. The second-order valence-electron chi connectivity index (χ2n) is 6.18. The highest BCUT2D eigenvalue weighted by Gasteiger charge is 2.22. The second kappa shape index (κ2) is 8.14. The van der Waals surface area contributed by atoms with Gasteiger partial charge in [0.1, 0.15) is 0 Å². The molecule has 0 spiro atoms. The maximum absolute atomic E-state index is 12.8.